The quantitative estimate of drug-likeness (QED) is 0.813. The van der Waals surface area contributed by atoms with Gasteiger partial charge in [0, 0.05) is 22.7 Å². The third kappa shape index (κ3) is 4.21. The molecule has 0 aromatic heterocycles. The summed E-state index contributed by atoms with van der Waals surface area (Å²) in [5.74, 6) is 0. The van der Waals surface area contributed by atoms with E-state index in [-0.39, 0.29) is 0 Å². The van der Waals surface area contributed by atoms with Crippen LogP contribution in [0.1, 0.15) is 31.7 Å². The van der Waals surface area contributed by atoms with Crippen LogP contribution in [0.4, 0.5) is 0 Å². The molecule has 0 aliphatic carbocycles. The molecule has 0 amide bonds. The van der Waals surface area contributed by atoms with E-state index >= 15 is 0 Å². The van der Waals surface area contributed by atoms with Crippen LogP contribution in [0.25, 0.3) is 0 Å². The molecule has 1 fully saturated rings. The highest BCUT2D eigenvalue weighted by Gasteiger charge is 2.21. The molecule has 0 bridgehead atoms. The first-order valence-corrected chi connectivity index (χ1v) is 8.06. The molecule has 0 saturated carbocycles. The highest BCUT2D eigenvalue weighted by atomic mass is 127. The maximum Gasteiger partial charge on any atom is 0.0237 e. The molecule has 1 aromatic carbocycles. The number of nitrogens with zero attached hydrogens (tertiary/aromatic N) is 1. The van der Waals surface area contributed by atoms with Gasteiger partial charge in [-0.25, -0.2) is 0 Å². The van der Waals surface area contributed by atoms with Crippen molar-refractivity contribution in [3.63, 3.8) is 0 Å². The van der Waals surface area contributed by atoms with Gasteiger partial charge < -0.3 is 5.32 Å². The first-order valence-electron chi connectivity index (χ1n) is 6.99. The fraction of sp³-hybridized carbons (Fsp3) is 0.600. The molecule has 100 valence electrons. The number of hydrogen-bond acceptors (Lipinski definition) is 2. The van der Waals surface area contributed by atoms with Crippen molar-refractivity contribution in [2.75, 3.05) is 19.6 Å². The molecule has 1 N–H and O–H groups in total. The van der Waals surface area contributed by atoms with Crippen LogP contribution >= 0.6 is 22.6 Å². The smallest absolute Gasteiger partial charge is 0.0237 e. The molecular weight excluding hydrogens is 335 g/mol. The van der Waals surface area contributed by atoms with Gasteiger partial charge in [-0.1, -0.05) is 25.5 Å². The number of likely N-dealkylation sites (N-methyl/N-ethyl adjacent to an activating group) is 1. The van der Waals surface area contributed by atoms with Crippen molar-refractivity contribution < 1.29 is 0 Å². The third-order valence-corrected chi connectivity index (χ3v) is 4.40. The van der Waals surface area contributed by atoms with Crippen LogP contribution in [0.2, 0.25) is 0 Å². The van der Waals surface area contributed by atoms with Crippen LogP contribution in [-0.4, -0.2) is 30.6 Å². The third-order valence-electron chi connectivity index (χ3n) is 3.68. The van der Waals surface area contributed by atoms with Gasteiger partial charge in [-0.3, -0.25) is 4.90 Å². The fourth-order valence-electron chi connectivity index (χ4n) is 2.63. The fourth-order valence-corrected chi connectivity index (χ4v) is 2.99. The van der Waals surface area contributed by atoms with Crippen LogP contribution in [0.5, 0.6) is 0 Å². The first-order chi connectivity index (χ1) is 8.79. The second-order valence-corrected chi connectivity index (χ2v) is 6.30. The molecule has 1 heterocycles. The molecular formula is C15H23IN2. The van der Waals surface area contributed by atoms with Gasteiger partial charge in [0.25, 0.3) is 0 Å². The highest BCUT2D eigenvalue weighted by molar-refractivity contribution is 14.1. The van der Waals surface area contributed by atoms with Crippen molar-refractivity contribution in [1.82, 2.24) is 10.2 Å². The SMILES string of the molecule is CCNCC1CCCCN1Cc1ccc(I)cc1. The molecule has 18 heavy (non-hydrogen) atoms. The Balaban J connectivity index is 1.94. The zero-order valence-electron chi connectivity index (χ0n) is 11.2. The molecule has 3 heteroatoms. The summed E-state index contributed by atoms with van der Waals surface area (Å²) >= 11 is 2.37. The first kappa shape index (κ1) is 14.3. The maximum absolute atomic E-state index is 3.50. The lowest BCUT2D eigenvalue weighted by molar-refractivity contribution is 0.138. The number of piperidine rings is 1. The van der Waals surface area contributed by atoms with Gasteiger partial charge in [-0.05, 0) is 66.2 Å². The van der Waals surface area contributed by atoms with Crippen LogP contribution < -0.4 is 5.32 Å². The Kier molecular flexibility index (Phi) is 5.92. The highest BCUT2D eigenvalue weighted by Crippen LogP contribution is 2.19. The lowest BCUT2D eigenvalue weighted by Crippen LogP contribution is -2.44. The average molecular weight is 358 g/mol. The summed E-state index contributed by atoms with van der Waals surface area (Å²) in [4.78, 5) is 2.65. The van der Waals surface area contributed by atoms with Crippen molar-refractivity contribution in [2.45, 2.75) is 38.8 Å². The van der Waals surface area contributed by atoms with E-state index in [0.717, 1.165) is 25.7 Å². The molecule has 1 aromatic rings. The van der Waals surface area contributed by atoms with Crippen molar-refractivity contribution in [3.05, 3.63) is 33.4 Å². The van der Waals surface area contributed by atoms with E-state index in [0.29, 0.717) is 0 Å². The van der Waals surface area contributed by atoms with Crippen LogP contribution in [-0.2, 0) is 6.54 Å². The second kappa shape index (κ2) is 7.46. The molecule has 1 aliphatic heterocycles. The molecule has 0 radical (unpaired) electrons. The summed E-state index contributed by atoms with van der Waals surface area (Å²) in [6.07, 6.45) is 4.09. The molecule has 0 spiro atoms. The van der Waals surface area contributed by atoms with Crippen molar-refractivity contribution >= 4 is 22.6 Å². The molecule has 1 atom stereocenters. The number of nitrogens with one attached hydrogen (secondary N) is 1. The predicted octanol–water partition coefficient (Wildman–Crippen LogP) is 3.26. The van der Waals surface area contributed by atoms with Crippen LogP contribution in [0, 0.1) is 3.57 Å². The monoisotopic (exact) mass is 358 g/mol. The van der Waals surface area contributed by atoms with Gasteiger partial charge in [0.05, 0.1) is 0 Å². The average Bonchev–Trinajstić information content (AvgIpc) is 2.40. The van der Waals surface area contributed by atoms with Gasteiger partial charge in [0.2, 0.25) is 0 Å². The summed E-state index contributed by atoms with van der Waals surface area (Å²) in [7, 11) is 0. The number of halogens is 1. The topological polar surface area (TPSA) is 15.3 Å². The minimum absolute atomic E-state index is 0.720. The molecule has 1 saturated heterocycles. The number of likely N-dealkylation sites (tertiary alicyclic amines) is 1. The standard InChI is InChI=1S/C15H23IN2/c1-2-17-11-15-5-3-4-10-18(15)12-13-6-8-14(16)9-7-13/h6-9,15,17H,2-5,10-12H2,1H3. The van der Waals surface area contributed by atoms with E-state index in [2.05, 4.69) is 64.0 Å². The van der Waals surface area contributed by atoms with E-state index < -0.39 is 0 Å². The zero-order chi connectivity index (χ0) is 12.8. The summed E-state index contributed by atoms with van der Waals surface area (Å²) in [5, 5.41) is 3.50. The Bertz CT molecular complexity index is 350. The van der Waals surface area contributed by atoms with Crippen molar-refractivity contribution in [2.24, 2.45) is 0 Å². The normalized spacial score (nSPS) is 21.1. The summed E-state index contributed by atoms with van der Waals surface area (Å²) in [6.45, 7) is 6.76. The Labute approximate surface area is 124 Å². The van der Waals surface area contributed by atoms with Crippen LogP contribution in [0.3, 0.4) is 0 Å². The largest absolute Gasteiger partial charge is 0.315 e. The van der Waals surface area contributed by atoms with Gasteiger partial charge >= 0.3 is 0 Å². The Morgan fingerprint density at radius 1 is 1.28 bits per heavy atom. The summed E-state index contributed by atoms with van der Waals surface area (Å²) in [6, 6.07) is 9.66. The van der Waals surface area contributed by atoms with Gasteiger partial charge in [-0.15, -0.1) is 0 Å². The van der Waals surface area contributed by atoms with E-state index in [1.165, 1.54) is 34.9 Å². The van der Waals surface area contributed by atoms with E-state index in [1.807, 2.05) is 0 Å². The zero-order valence-corrected chi connectivity index (χ0v) is 13.3. The Hall–Kier alpha value is -0.130. The van der Waals surface area contributed by atoms with Gasteiger partial charge in [0.15, 0.2) is 0 Å². The lowest BCUT2D eigenvalue weighted by Gasteiger charge is -2.36. The van der Waals surface area contributed by atoms with Crippen LogP contribution in [0.15, 0.2) is 24.3 Å². The van der Waals surface area contributed by atoms with Crippen molar-refractivity contribution in [3.8, 4) is 0 Å². The second-order valence-electron chi connectivity index (χ2n) is 5.05. The molecule has 2 rings (SSSR count). The van der Waals surface area contributed by atoms with Gasteiger partial charge in [-0.2, -0.15) is 0 Å². The Morgan fingerprint density at radius 3 is 2.78 bits per heavy atom. The van der Waals surface area contributed by atoms with Crippen molar-refractivity contribution in [1.29, 1.82) is 0 Å². The predicted molar refractivity (Wildman–Crippen MR) is 85.8 cm³/mol. The van der Waals surface area contributed by atoms with E-state index in [4.69, 9.17) is 0 Å². The van der Waals surface area contributed by atoms with E-state index in [1.54, 1.807) is 0 Å². The maximum atomic E-state index is 3.50. The number of rotatable bonds is 5. The van der Waals surface area contributed by atoms with E-state index in [9.17, 15) is 0 Å². The lowest BCUT2D eigenvalue weighted by atomic mass is 10.0. The number of hydrogen-bond donors (Lipinski definition) is 1. The minimum atomic E-state index is 0.720. The minimum Gasteiger partial charge on any atom is -0.315 e. The Morgan fingerprint density at radius 2 is 2.06 bits per heavy atom. The number of benzene rings is 1. The van der Waals surface area contributed by atoms with Gasteiger partial charge in [0.1, 0.15) is 0 Å². The summed E-state index contributed by atoms with van der Waals surface area (Å²) < 4.78 is 1.32. The molecule has 1 unspecified atom stereocenters. The summed E-state index contributed by atoms with van der Waals surface area (Å²) in [5.41, 5.74) is 1.44. The molecule has 2 nitrogen and oxygen atoms in total. The molecule has 1 aliphatic rings.